The van der Waals surface area contributed by atoms with Crippen LogP contribution in [0.25, 0.3) is 0 Å². The summed E-state index contributed by atoms with van der Waals surface area (Å²) in [4.78, 5) is 36.0. The van der Waals surface area contributed by atoms with Gasteiger partial charge >= 0.3 is 0 Å². The molecule has 2 saturated carbocycles. The van der Waals surface area contributed by atoms with Gasteiger partial charge in [0.2, 0.25) is 5.91 Å². The minimum absolute atomic E-state index is 0.0609. The molecule has 2 aliphatic rings. The molecule has 2 aromatic rings. The van der Waals surface area contributed by atoms with Crippen LogP contribution in [0.4, 0.5) is 0 Å². The van der Waals surface area contributed by atoms with Crippen LogP contribution in [0.2, 0.25) is 0 Å². The van der Waals surface area contributed by atoms with Gasteiger partial charge < -0.3 is 16.4 Å². The third kappa shape index (κ3) is 10.8. The third-order valence-corrected chi connectivity index (χ3v) is 8.10. The second-order valence-electron chi connectivity index (χ2n) is 11.4. The zero-order chi connectivity index (χ0) is 28.6. The standard InChI is InChI=1S/C20H28N2O2.C14H21NO/c23-19(21-17-10-3-1-4-11-17)15-8-7-9-16(14-15)20(24)22-18-12-5-2-6-13-18;1-2-3-4-5-6-9-12-10-7-8-11-13(12)14(15)16/h7-9,14,17-18H,1-6,10-13H2,(H,21,23)(H,22,24);7-8,10-11H,2-6,9H2,1H3,(H2,15,16). The minimum Gasteiger partial charge on any atom is -0.366 e. The highest BCUT2D eigenvalue weighted by Gasteiger charge is 2.19. The average molecular weight is 548 g/mol. The number of nitrogens with one attached hydrogen (secondary N) is 2. The molecule has 0 atom stereocenters. The molecule has 2 fully saturated rings. The van der Waals surface area contributed by atoms with Gasteiger partial charge in [-0.2, -0.15) is 0 Å². The smallest absolute Gasteiger partial charge is 0.251 e. The second kappa shape index (κ2) is 17.5. The predicted molar refractivity (Wildman–Crippen MR) is 163 cm³/mol. The zero-order valence-corrected chi connectivity index (χ0v) is 24.4. The Kier molecular flexibility index (Phi) is 13.7. The number of carbonyl (C=O) groups is 3. The first kappa shape index (κ1) is 31.4. The Balaban J connectivity index is 0.000000241. The van der Waals surface area contributed by atoms with Crippen molar-refractivity contribution in [2.24, 2.45) is 5.73 Å². The monoisotopic (exact) mass is 547 g/mol. The maximum absolute atomic E-state index is 12.4. The molecule has 0 unspecified atom stereocenters. The molecule has 0 saturated heterocycles. The first-order valence-corrected chi connectivity index (χ1v) is 15.6. The Morgan fingerprint density at radius 1 is 0.700 bits per heavy atom. The van der Waals surface area contributed by atoms with Crippen LogP contribution in [0.15, 0.2) is 48.5 Å². The minimum atomic E-state index is -0.316. The molecular formula is C34H49N3O3. The molecule has 4 N–H and O–H groups in total. The largest absolute Gasteiger partial charge is 0.366 e. The lowest BCUT2D eigenvalue weighted by Crippen LogP contribution is -2.37. The molecule has 3 amide bonds. The number of carbonyl (C=O) groups excluding carboxylic acids is 3. The van der Waals surface area contributed by atoms with Crippen molar-refractivity contribution in [3.8, 4) is 0 Å². The Morgan fingerprint density at radius 2 is 1.23 bits per heavy atom. The van der Waals surface area contributed by atoms with Gasteiger partial charge in [-0.1, -0.05) is 95.4 Å². The molecule has 0 heterocycles. The number of nitrogens with two attached hydrogens (primary N) is 1. The molecule has 4 rings (SSSR count). The quantitative estimate of drug-likeness (QED) is 0.261. The molecule has 0 radical (unpaired) electrons. The molecule has 0 spiro atoms. The van der Waals surface area contributed by atoms with Crippen LogP contribution in [0, 0.1) is 0 Å². The van der Waals surface area contributed by atoms with Crippen LogP contribution in [0.1, 0.15) is 140 Å². The van der Waals surface area contributed by atoms with E-state index in [9.17, 15) is 14.4 Å². The van der Waals surface area contributed by atoms with E-state index in [1.165, 1.54) is 64.2 Å². The van der Waals surface area contributed by atoms with Gasteiger partial charge in [-0.3, -0.25) is 14.4 Å². The van der Waals surface area contributed by atoms with E-state index in [1.807, 2.05) is 24.3 Å². The molecule has 0 aliphatic heterocycles. The summed E-state index contributed by atoms with van der Waals surface area (Å²) in [5, 5.41) is 6.22. The highest BCUT2D eigenvalue weighted by Crippen LogP contribution is 2.19. The number of primary amides is 1. The summed E-state index contributed by atoms with van der Waals surface area (Å²) in [6.07, 6.45) is 18.7. The van der Waals surface area contributed by atoms with Gasteiger partial charge in [-0.25, -0.2) is 0 Å². The fraction of sp³-hybridized carbons (Fsp3) is 0.559. The van der Waals surface area contributed by atoms with E-state index in [0.717, 1.165) is 44.1 Å². The van der Waals surface area contributed by atoms with Crippen molar-refractivity contribution in [2.45, 2.75) is 122 Å². The Hall–Kier alpha value is -3.15. The fourth-order valence-electron chi connectivity index (χ4n) is 5.73. The van der Waals surface area contributed by atoms with Crippen molar-refractivity contribution in [1.29, 1.82) is 0 Å². The summed E-state index contributed by atoms with van der Waals surface area (Å²) < 4.78 is 0. The zero-order valence-electron chi connectivity index (χ0n) is 24.4. The number of unbranched alkanes of at least 4 members (excludes halogenated alkanes) is 4. The second-order valence-corrected chi connectivity index (χ2v) is 11.4. The topological polar surface area (TPSA) is 101 Å². The molecule has 6 heteroatoms. The summed E-state index contributed by atoms with van der Waals surface area (Å²) in [6.45, 7) is 2.21. The fourth-order valence-corrected chi connectivity index (χ4v) is 5.73. The molecule has 0 aromatic heterocycles. The van der Waals surface area contributed by atoms with Crippen LogP contribution >= 0.6 is 0 Å². The van der Waals surface area contributed by atoms with E-state index in [0.29, 0.717) is 16.7 Å². The van der Waals surface area contributed by atoms with Gasteiger partial charge in [0.1, 0.15) is 0 Å². The number of amides is 3. The van der Waals surface area contributed by atoms with E-state index in [2.05, 4.69) is 17.6 Å². The highest BCUT2D eigenvalue weighted by atomic mass is 16.2. The van der Waals surface area contributed by atoms with Crippen LogP contribution in [0.5, 0.6) is 0 Å². The number of rotatable bonds is 11. The predicted octanol–water partition coefficient (Wildman–Crippen LogP) is 7.11. The molecular weight excluding hydrogens is 498 g/mol. The van der Waals surface area contributed by atoms with Crippen molar-refractivity contribution in [2.75, 3.05) is 0 Å². The summed E-state index contributed by atoms with van der Waals surface area (Å²) in [6, 6.07) is 15.3. The van der Waals surface area contributed by atoms with Crippen molar-refractivity contribution < 1.29 is 14.4 Å². The van der Waals surface area contributed by atoms with Crippen LogP contribution in [0.3, 0.4) is 0 Å². The Morgan fingerprint density at radius 3 is 1.75 bits per heavy atom. The van der Waals surface area contributed by atoms with E-state index in [4.69, 9.17) is 5.73 Å². The summed E-state index contributed by atoms with van der Waals surface area (Å²) >= 11 is 0. The van der Waals surface area contributed by atoms with Crippen LogP contribution < -0.4 is 16.4 Å². The van der Waals surface area contributed by atoms with Crippen LogP contribution in [-0.2, 0) is 6.42 Å². The first-order valence-electron chi connectivity index (χ1n) is 15.6. The van der Waals surface area contributed by atoms with Crippen molar-refractivity contribution in [1.82, 2.24) is 10.6 Å². The third-order valence-electron chi connectivity index (χ3n) is 8.10. The normalized spacial score (nSPS) is 15.9. The molecule has 0 bridgehead atoms. The lowest BCUT2D eigenvalue weighted by molar-refractivity contribution is 0.0926. The molecule has 2 aliphatic carbocycles. The molecule has 2 aromatic carbocycles. The maximum atomic E-state index is 12.4. The van der Waals surface area contributed by atoms with Crippen molar-refractivity contribution >= 4 is 17.7 Å². The molecule has 218 valence electrons. The van der Waals surface area contributed by atoms with Gasteiger partial charge in [0.05, 0.1) is 0 Å². The van der Waals surface area contributed by atoms with Gasteiger partial charge in [-0.15, -0.1) is 0 Å². The maximum Gasteiger partial charge on any atom is 0.251 e. The van der Waals surface area contributed by atoms with E-state index >= 15 is 0 Å². The van der Waals surface area contributed by atoms with Crippen LogP contribution in [-0.4, -0.2) is 29.8 Å². The number of hydrogen-bond donors (Lipinski definition) is 3. The van der Waals surface area contributed by atoms with Gasteiger partial charge in [-0.05, 0) is 68.4 Å². The van der Waals surface area contributed by atoms with E-state index in [1.54, 1.807) is 24.3 Å². The summed E-state index contributed by atoms with van der Waals surface area (Å²) in [5.41, 5.74) is 8.26. The van der Waals surface area contributed by atoms with Gasteiger partial charge in [0, 0.05) is 28.8 Å². The number of aryl methyl sites for hydroxylation is 1. The Bertz CT molecular complexity index is 1020. The summed E-state index contributed by atoms with van der Waals surface area (Å²) in [7, 11) is 0. The number of hydrogen-bond acceptors (Lipinski definition) is 3. The number of benzene rings is 2. The lowest BCUT2D eigenvalue weighted by Gasteiger charge is -2.23. The molecule has 40 heavy (non-hydrogen) atoms. The lowest BCUT2D eigenvalue weighted by atomic mass is 9.95. The average Bonchev–Trinajstić information content (AvgIpc) is 2.98. The van der Waals surface area contributed by atoms with E-state index in [-0.39, 0.29) is 29.8 Å². The van der Waals surface area contributed by atoms with E-state index < -0.39 is 0 Å². The van der Waals surface area contributed by atoms with Gasteiger partial charge in [0.15, 0.2) is 0 Å². The SMILES string of the molecule is CCCCCCCc1ccccc1C(N)=O.O=C(NC1CCCCC1)c1cccc(C(=O)NC2CCCCC2)c1. The highest BCUT2D eigenvalue weighted by molar-refractivity contribution is 5.99. The molecule has 6 nitrogen and oxygen atoms in total. The van der Waals surface area contributed by atoms with Crippen molar-refractivity contribution in [3.63, 3.8) is 0 Å². The first-order chi connectivity index (χ1) is 19.5. The van der Waals surface area contributed by atoms with Crippen molar-refractivity contribution in [3.05, 3.63) is 70.8 Å². The van der Waals surface area contributed by atoms with Gasteiger partial charge in [0.25, 0.3) is 11.8 Å². The summed E-state index contributed by atoms with van der Waals surface area (Å²) in [5.74, 6) is -0.437. The Labute approximate surface area is 240 Å².